The number of anilines is 1. The SMILES string of the molecule is CC(O)CCN(C)C(=O)Nc1ccc(OC(F)(F)F)cc1. The highest BCUT2D eigenvalue weighted by molar-refractivity contribution is 5.89. The summed E-state index contributed by atoms with van der Waals surface area (Å²) in [6.45, 7) is 1.98. The number of nitrogens with zero attached hydrogens (tertiary/aromatic N) is 1. The molecule has 8 heteroatoms. The maximum atomic E-state index is 12.0. The minimum absolute atomic E-state index is 0.346. The number of ether oxygens (including phenoxy) is 1. The second-order valence-corrected chi connectivity index (χ2v) is 4.56. The number of amides is 2. The first kappa shape index (κ1) is 17.1. The highest BCUT2D eigenvalue weighted by atomic mass is 19.4. The van der Waals surface area contributed by atoms with E-state index < -0.39 is 18.5 Å². The third-order valence-electron chi connectivity index (χ3n) is 2.57. The van der Waals surface area contributed by atoms with Crippen molar-refractivity contribution in [1.29, 1.82) is 0 Å². The fourth-order valence-corrected chi connectivity index (χ4v) is 1.44. The maximum absolute atomic E-state index is 12.0. The lowest BCUT2D eigenvalue weighted by Crippen LogP contribution is -2.33. The van der Waals surface area contributed by atoms with E-state index in [9.17, 15) is 18.0 Å². The summed E-state index contributed by atoms with van der Waals surface area (Å²) in [5.41, 5.74) is 0.346. The first-order valence-corrected chi connectivity index (χ1v) is 6.23. The van der Waals surface area contributed by atoms with Gasteiger partial charge in [0.2, 0.25) is 0 Å². The Morgan fingerprint density at radius 1 is 1.38 bits per heavy atom. The molecule has 2 amide bonds. The molecule has 0 heterocycles. The zero-order valence-corrected chi connectivity index (χ0v) is 11.6. The molecule has 0 bridgehead atoms. The van der Waals surface area contributed by atoms with Crippen molar-refractivity contribution in [1.82, 2.24) is 4.90 Å². The largest absolute Gasteiger partial charge is 0.573 e. The van der Waals surface area contributed by atoms with E-state index in [0.29, 0.717) is 18.7 Å². The van der Waals surface area contributed by atoms with Gasteiger partial charge in [0.25, 0.3) is 0 Å². The molecule has 1 aromatic rings. The molecule has 1 atom stereocenters. The number of rotatable bonds is 5. The van der Waals surface area contributed by atoms with Crippen LogP contribution in [0.25, 0.3) is 0 Å². The molecule has 0 aromatic heterocycles. The first-order valence-electron chi connectivity index (χ1n) is 6.23. The molecule has 0 aliphatic rings. The van der Waals surface area contributed by atoms with Gasteiger partial charge >= 0.3 is 12.4 Å². The molecule has 0 saturated carbocycles. The van der Waals surface area contributed by atoms with Crippen molar-refractivity contribution in [2.45, 2.75) is 25.8 Å². The molecular weight excluding hydrogens is 289 g/mol. The number of nitrogens with one attached hydrogen (secondary N) is 1. The number of halogens is 3. The van der Waals surface area contributed by atoms with E-state index in [0.717, 1.165) is 12.1 Å². The van der Waals surface area contributed by atoms with Gasteiger partial charge in [0.1, 0.15) is 5.75 Å². The van der Waals surface area contributed by atoms with Gasteiger partial charge in [-0.1, -0.05) is 0 Å². The smallest absolute Gasteiger partial charge is 0.406 e. The van der Waals surface area contributed by atoms with Crippen molar-refractivity contribution in [3.63, 3.8) is 0 Å². The van der Waals surface area contributed by atoms with Crippen LogP contribution in [0.3, 0.4) is 0 Å². The number of hydrogen-bond acceptors (Lipinski definition) is 3. The van der Waals surface area contributed by atoms with E-state index in [4.69, 9.17) is 5.11 Å². The van der Waals surface area contributed by atoms with Gasteiger partial charge in [-0.3, -0.25) is 0 Å². The van der Waals surface area contributed by atoms with Gasteiger partial charge < -0.3 is 20.1 Å². The molecule has 0 spiro atoms. The third-order valence-corrected chi connectivity index (χ3v) is 2.57. The summed E-state index contributed by atoms with van der Waals surface area (Å²) in [5.74, 6) is -0.358. The minimum atomic E-state index is -4.74. The molecule has 5 nitrogen and oxygen atoms in total. The molecule has 0 radical (unpaired) electrons. The minimum Gasteiger partial charge on any atom is -0.406 e. The number of aliphatic hydroxyl groups excluding tert-OH is 1. The molecular formula is C13H17F3N2O3. The van der Waals surface area contributed by atoms with Gasteiger partial charge in [0.15, 0.2) is 0 Å². The van der Waals surface area contributed by atoms with Gasteiger partial charge in [-0.15, -0.1) is 13.2 Å². The predicted octanol–water partition coefficient (Wildman–Crippen LogP) is 2.82. The number of alkyl halides is 3. The molecule has 0 aliphatic carbocycles. The zero-order valence-electron chi connectivity index (χ0n) is 11.6. The molecule has 1 aromatic carbocycles. The van der Waals surface area contributed by atoms with Crippen LogP contribution in [-0.4, -0.2) is 42.1 Å². The van der Waals surface area contributed by atoms with Crippen LogP contribution in [0.5, 0.6) is 5.75 Å². The molecule has 21 heavy (non-hydrogen) atoms. The van der Waals surface area contributed by atoms with Crippen LogP contribution in [0.2, 0.25) is 0 Å². The lowest BCUT2D eigenvalue weighted by atomic mass is 10.3. The van der Waals surface area contributed by atoms with Crippen molar-refractivity contribution in [3.05, 3.63) is 24.3 Å². The molecule has 0 saturated heterocycles. The van der Waals surface area contributed by atoms with Gasteiger partial charge in [0.05, 0.1) is 6.10 Å². The van der Waals surface area contributed by atoms with E-state index in [1.807, 2.05) is 0 Å². The van der Waals surface area contributed by atoms with Crippen molar-refractivity contribution in [2.75, 3.05) is 18.9 Å². The Kier molecular flexibility index (Phi) is 5.83. The van der Waals surface area contributed by atoms with Crippen molar-refractivity contribution in [3.8, 4) is 5.75 Å². The normalized spacial score (nSPS) is 12.7. The van der Waals surface area contributed by atoms with E-state index >= 15 is 0 Å². The van der Waals surface area contributed by atoms with Gasteiger partial charge in [-0.05, 0) is 37.6 Å². The highest BCUT2D eigenvalue weighted by Gasteiger charge is 2.30. The van der Waals surface area contributed by atoms with Crippen molar-refractivity contribution < 1.29 is 27.8 Å². The Labute approximate surface area is 120 Å². The lowest BCUT2D eigenvalue weighted by molar-refractivity contribution is -0.274. The first-order chi connectivity index (χ1) is 9.67. The summed E-state index contributed by atoms with van der Waals surface area (Å²) in [7, 11) is 1.55. The quantitative estimate of drug-likeness (QED) is 0.879. The number of carbonyl (C=O) groups is 1. The molecule has 1 unspecified atom stereocenters. The van der Waals surface area contributed by atoms with Crippen LogP contribution in [0.1, 0.15) is 13.3 Å². The third kappa shape index (κ3) is 6.84. The van der Waals surface area contributed by atoms with Crippen molar-refractivity contribution in [2.24, 2.45) is 0 Å². The Bertz CT molecular complexity index is 461. The van der Waals surface area contributed by atoms with E-state index in [1.165, 1.54) is 17.0 Å². The van der Waals surface area contributed by atoms with E-state index in [1.54, 1.807) is 14.0 Å². The summed E-state index contributed by atoms with van der Waals surface area (Å²) in [5, 5.41) is 11.7. The van der Waals surface area contributed by atoms with E-state index in [2.05, 4.69) is 10.1 Å². The van der Waals surface area contributed by atoms with Crippen molar-refractivity contribution >= 4 is 11.7 Å². The number of urea groups is 1. The number of aliphatic hydroxyl groups is 1. The molecule has 1 rings (SSSR count). The lowest BCUT2D eigenvalue weighted by Gasteiger charge is -2.18. The Morgan fingerprint density at radius 3 is 2.43 bits per heavy atom. The molecule has 0 aliphatic heterocycles. The summed E-state index contributed by atoms with van der Waals surface area (Å²) in [6.07, 6.45) is -4.83. The topological polar surface area (TPSA) is 61.8 Å². The summed E-state index contributed by atoms with van der Waals surface area (Å²) in [6, 6.07) is 4.42. The van der Waals surface area contributed by atoms with Crippen LogP contribution in [-0.2, 0) is 0 Å². The molecule has 0 fully saturated rings. The van der Waals surface area contributed by atoms with Gasteiger partial charge in [0, 0.05) is 19.3 Å². The van der Waals surface area contributed by atoms with Crippen LogP contribution < -0.4 is 10.1 Å². The summed E-state index contributed by atoms with van der Waals surface area (Å²) >= 11 is 0. The van der Waals surface area contributed by atoms with E-state index in [-0.39, 0.29) is 5.75 Å². The Hall–Kier alpha value is -1.96. The highest BCUT2D eigenvalue weighted by Crippen LogP contribution is 2.23. The Balaban J connectivity index is 2.53. The number of benzene rings is 1. The summed E-state index contributed by atoms with van der Waals surface area (Å²) in [4.78, 5) is 13.1. The van der Waals surface area contributed by atoms with Crippen LogP contribution >= 0.6 is 0 Å². The molecule has 2 N–H and O–H groups in total. The second kappa shape index (κ2) is 7.16. The average Bonchev–Trinajstić information content (AvgIpc) is 2.36. The molecule has 118 valence electrons. The van der Waals surface area contributed by atoms with Gasteiger partial charge in [-0.25, -0.2) is 4.79 Å². The second-order valence-electron chi connectivity index (χ2n) is 4.56. The zero-order chi connectivity index (χ0) is 16.0. The predicted molar refractivity (Wildman–Crippen MR) is 71.1 cm³/mol. The maximum Gasteiger partial charge on any atom is 0.573 e. The fourth-order valence-electron chi connectivity index (χ4n) is 1.44. The van der Waals surface area contributed by atoms with Crippen LogP contribution in [0.4, 0.5) is 23.7 Å². The summed E-state index contributed by atoms with van der Waals surface area (Å²) < 4.78 is 39.7. The van der Waals surface area contributed by atoms with Gasteiger partial charge in [-0.2, -0.15) is 0 Å². The fraction of sp³-hybridized carbons (Fsp3) is 0.462. The van der Waals surface area contributed by atoms with Crippen LogP contribution in [0.15, 0.2) is 24.3 Å². The number of carbonyl (C=O) groups excluding carboxylic acids is 1. The number of hydrogen-bond donors (Lipinski definition) is 2. The average molecular weight is 306 g/mol. The standard InChI is InChI=1S/C13H17F3N2O3/c1-9(19)7-8-18(2)12(20)17-10-3-5-11(6-4-10)21-13(14,15)16/h3-6,9,19H,7-8H2,1-2H3,(H,17,20). The van der Waals surface area contributed by atoms with Crippen LogP contribution in [0, 0.1) is 0 Å². The monoisotopic (exact) mass is 306 g/mol. The Morgan fingerprint density at radius 2 is 1.95 bits per heavy atom.